The molecule has 0 amide bonds. The van der Waals surface area contributed by atoms with Gasteiger partial charge in [0.1, 0.15) is 6.29 Å². The van der Waals surface area contributed by atoms with Crippen LogP contribution < -0.4 is 0 Å². The Labute approximate surface area is 113 Å². The molecule has 106 valence electrons. The van der Waals surface area contributed by atoms with E-state index in [-0.39, 0.29) is 5.41 Å². The van der Waals surface area contributed by atoms with Gasteiger partial charge in [-0.15, -0.1) is 0 Å². The summed E-state index contributed by atoms with van der Waals surface area (Å²) < 4.78 is 0. The summed E-state index contributed by atoms with van der Waals surface area (Å²) in [5.41, 5.74) is -0.0630. The highest BCUT2D eigenvalue weighted by Gasteiger charge is 2.35. The summed E-state index contributed by atoms with van der Waals surface area (Å²) in [5, 5.41) is 0. The number of carbonyl (C=O) groups excluding carboxylic acids is 1. The van der Waals surface area contributed by atoms with Crippen molar-refractivity contribution in [1.82, 2.24) is 4.90 Å². The number of aldehydes is 1. The van der Waals surface area contributed by atoms with Gasteiger partial charge in [-0.05, 0) is 57.9 Å². The number of carbonyl (C=O) groups is 1. The van der Waals surface area contributed by atoms with E-state index in [1.54, 1.807) is 0 Å². The zero-order chi connectivity index (χ0) is 13.8. The van der Waals surface area contributed by atoms with Gasteiger partial charge in [-0.2, -0.15) is 0 Å². The van der Waals surface area contributed by atoms with Crippen molar-refractivity contribution in [2.45, 2.75) is 65.8 Å². The van der Waals surface area contributed by atoms with Gasteiger partial charge in [0.25, 0.3) is 0 Å². The lowest BCUT2D eigenvalue weighted by atomic mass is 9.71. The van der Waals surface area contributed by atoms with Crippen LogP contribution in [0.4, 0.5) is 0 Å². The van der Waals surface area contributed by atoms with E-state index < -0.39 is 0 Å². The van der Waals surface area contributed by atoms with Gasteiger partial charge in [-0.25, -0.2) is 0 Å². The lowest BCUT2D eigenvalue weighted by Gasteiger charge is -2.39. The average molecular weight is 253 g/mol. The van der Waals surface area contributed by atoms with Crippen LogP contribution in [0.15, 0.2) is 0 Å². The third-order valence-electron chi connectivity index (χ3n) is 4.65. The van der Waals surface area contributed by atoms with Crippen molar-refractivity contribution < 1.29 is 4.79 Å². The second-order valence-corrected chi connectivity index (χ2v) is 7.06. The maximum atomic E-state index is 11.5. The van der Waals surface area contributed by atoms with Crippen LogP contribution in [0.5, 0.6) is 0 Å². The summed E-state index contributed by atoms with van der Waals surface area (Å²) in [6.45, 7) is 10.1. The van der Waals surface area contributed by atoms with E-state index in [9.17, 15) is 4.79 Å². The predicted molar refractivity (Wildman–Crippen MR) is 77.7 cm³/mol. The number of rotatable bonds is 6. The fraction of sp³-hybridized carbons (Fsp3) is 0.938. The van der Waals surface area contributed by atoms with Crippen LogP contribution in [0.25, 0.3) is 0 Å². The van der Waals surface area contributed by atoms with Crippen molar-refractivity contribution in [2.24, 2.45) is 17.3 Å². The van der Waals surface area contributed by atoms with Crippen molar-refractivity contribution in [2.75, 3.05) is 13.6 Å². The first-order valence-corrected chi connectivity index (χ1v) is 7.55. The Hall–Kier alpha value is -0.370. The molecule has 0 aliphatic heterocycles. The fourth-order valence-electron chi connectivity index (χ4n) is 3.16. The maximum Gasteiger partial charge on any atom is 0.127 e. The van der Waals surface area contributed by atoms with Crippen LogP contribution in [-0.2, 0) is 4.79 Å². The standard InChI is InChI=1S/C16H31NO/c1-13(2)10-15(4)17(5)11-16(12-18)8-6-14(3)7-9-16/h12-15H,6-11H2,1-5H3. The molecule has 0 saturated heterocycles. The first-order chi connectivity index (χ1) is 8.38. The number of nitrogens with zero attached hydrogens (tertiary/aromatic N) is 1. The van der Waals surface area contributed by atoms with Gasteiger partial charge in [-0.1, -0.05) is 20.8 Å². The van der Waals surface area contributed by atoms with E-state index in [4.69, 9.17) is 0 Å². The third kappa shape index (κ3) is 4.38. The molecule has 0 bridgehead atoms. The maximum absolute atomic E-state index is 11.5. The van der Waals surface area contributed by atoms with E-state index in [2.05, 4.69) is 39.6 Å². The molecule has 18 heavy (non-hydrogen) atoms. The van der Waals surface area contributed by atoms with Crippen molar-refractivity contribution >= 4 is 6.29 Å². The molecule has 0 aromatic carbocycles. The second kappa shape index (κ2) is 6.70. The molecule has 1 fully saturated rings. The number of hydrogen-bond donors (Lipinski definition) is 0. The zero-order valence-corrected chi connectivity index (χ0v) is 12.9. The third-order valence-corrected chi connectivity index (χ3v) is 4.65. The highest BCUT2D eigenvalue weighted by molar-refractivity contribution is 5.60. The highest BCUT2D eigenvalue weighted by Crippen LogP contribution is 2.38. The van der Waals surface area contributed by atoms with Crippen LogP contribution in [0.1, 0.15) is 59.8 Å². The summed E-state index contributed by atoms with van der Waals surface area (Å²) in [5.74, 6) is 1.53. The normalized spacial score (nSPS) is 30.7. The van der Waals surface area contributed by atoms with Crippen LogP contribution in [-0.4, -0.2) is 30.8 Å². The molecule has 1 rings (SSSR count). The largest absolute Gasteiger partial charge is 0.303 e. The summed E-state index contributed by atoms with van der Waals surface area (Å²) in [6.07, 6.45) is 7.04. The molecule has 1 unspecified atom stereocenters. The second-order valence-electron chi connectivity index (χ2n) is 7.06. The van der Waals surface area contributed by atoms with Crippen LogP contribution >= 0.6 is 0 Å². The van der Waals surface area contributed by atoms with E-state index in [1.807, 2.05) is 0 Å². The number of hydrogen-bond acceptors (Lipinski definition) is 2. The fourth-order valence-corrected chi connectivity index (χ4v) is 3.16. The average Bonchev–Trinajstić information content (AvgIpc) is 2.31. The molecule has 0 heterocycles. The molecule has 0 N–H and O–H groups in total. The molecular weight excluding hydrogens is 222 g/mol. The summed E-state index contributed by atoms with van der Waals surface area (Å²) >= 11 is 0. The van der Waals surface area contributed by atoms with Gasteiger partial charge in [0.15, 0.2) is 0 Å². The Morgan fingerprint density at radius 3 is 2.28 bits per heavy atom. The van der Waals surface area contributed by atoms with Crippen molar-refractivity contribution in [3.8, 4) is 0 Å². The van der Waals surface area contributed by atoms with Crippen LogP contribution in [0.3, 0.4) is 0 Å². The van der Waals surface area contributed by atoms with Crippen molar-refractivity contribution in [1.29, 1.82) is 0 Å². The molecule has 1 aliphatic carbocycles. The van der Waals surface area contributed by atoms with Gasteiger partial charge >= 0.3 is 0 Å². The molecule has 2 nitrogen and oxygen atoms in total. The minimum Gasteiger partial charge on any atom is -0.303 e. The molecule has 0 radical (unpaired) electrons. The van der Waals surface area contributed by atoms with Gasteiger partial charge < -0.3 is 9.69 Å². The lowest BCUT2D eigenvalue weighted by molar-refractivity contribution is -0.119. The van der Waals surface area contributed by atoms with Crippen LogP contribution in [0, 0.1) is 17.3 Å². The Morgan fingerprint density at radius 1 is 1.28 bits per heavy atom. The van der Waals surface area contributed by atoms with E-state index >= 15 is 0 Å². The first-order valence-electron chi connectivity index (χ1n) is 7.55. The Balaban J connectivity index is 2.54. The van der Waals surface area contributed by atoms with E-state index in [0.29, 0.717) is 6.04 Å². The SMILES string of the molecule is CC(C)CC(C)N(C)CC1(C=O)CCC(C)CC1. The molecule has 1 saturated carbocycles. The Kier molecular flexibility index (Phi) is 5.84. The summed E-state index contributed by atoms with van der Waals surface area (Å²) in [6, 6.07) is 0.571. The van der Waals surface area contributed by atoms with Gasteiger partial charge in [-0.3, -0.25) is 0 Å². The molecular formula is C16H31NO. The minimum atomic E-state index is -0.0630. The van der Waals surface area contributed by atoms with Crippen molar-refractivity contribution in [3.63, 3.8) is 0 Å². The topological polar surface area (TPSA) is 20.3 Å². The Morgan fingerprint density at radius 2 is 1.83 bits per heavy atom. The van der Waals surface area contributed by atoms with E-state index in [0.717, 1.165) is 31.2 Å². The molecule has 0 aromatic heterocycles. The summed E-state index contributed by atoms with van der Waals surface area (Å²) in [7, 11) is 2.18. The summed E-state index contributed by atoms with van der Waals surface area (Å²) in [4.78, 5) is 13.9. The monoisotopic (exact) mass is 253 g/mol. The molecule has 1 aliphatic rings. The minimum absolute atomic E-state index is 0.0630. The zero-order valence-electron chi connectivity index (χ0n) is 12.9. The lowest BCUT2D eigenvalue weighted by Crippen LogP contribution is -2.43. The van der Waals surface area contributed by atoms with Gasteiger partial charge in [0, 0.05) is 18.0 Å². The quantitative estimate of drug-likeness (QED) is 0.672. The molecule has 0 aromatic rings. The van der Waals surface area contributed by atoms with Gasteiger partial charge in [0.05, 0.1) is 0 Å². The molecule has 2 heteroatoms. The van der Waals surface area contributed by atoms with E-state index in [1.165, 1.54) is 25.5 Å². The smallest absolute Gasteiger partial charge is 0.127 e. The molecule has 0 spiro atoms. The van der Waals surface area contributed by atoms with Gasteiger partial charge in [0.2, 0.25) is 0 Å². The first kappa shape index (κ1) is 15.7. The van der Waals surface area contributed by atoms with Crippen molar-refractivity contribution in [3.05, 3.63) is 0 Å². The highest BCUT2D eigenvalue weighted by atomic mass is 16.1. The van der Waals surface area contributed by atoms with Crippen LogP contribution in [0.2, 0.25) is 0 Å². The predicted octanol–water partition coefficient (Wildman–Crippen LogP) is 3.75. The Bertz CT molecular complexity index is 254. The molecule has 1 atom stereocenters.